The van der Waals surface area contributed by atoms with Crippen LogP contribution in [0.3, 0.4) is 0 Å². The van der Waals surface area contributed by atoms with Crippen molar-refractivity contribution in [1.29, 1.82) is 0 Å². The largest absolute Gasteiger partial charge is 0.379 e. The molecule has 1 atom stereocenters. The van der Waals surface area contributed by atoms with Crippen LogP contribution in [0.1, 0.15) is 31.7 Å². The smallest absolute Gasteiger partial charge is 0.126 e. The fourth-order valence-corrected chi connectivity index (χ4v) is 1.89. The maximum atomic E-state index is 13.5. The molecule has 0 aromatic heterocycles. The van der Waals surface area contributed by atoms with Crippen molar-refractivity contribution in [2.45, 2.75) is 32.3 Å². The van der Waals surface area contributed by atoms with E-state index in [1.165, 1.54) is 6.07 Å². The van der Waals surface area contributed by atoms with Crippen LogP contribution in [-0.4, -0.2) is 18.6 Å². The average molecular weight is 245 g/mol. The van der Waals surface area contributed by atoms with Crippen LogP contribution in [-0.2, 0) is 4.74 Å². The first-order valence-corrected chi connectivity index (χ1v) is 6.10. The third kappa shape index (κ3) is 4.11. The van der Waals surface area contributed by atoms with Crippen LogP contribution in [0.15, 0.2) is 24.3 Å². The van der Waals surface area contributed by atoms with Crippen molar-refractivity contribution < 1.29 is 9.13 Å². The Morgan fingerprint density at radius 2 is 2.00 bits per heavy atom. The van der Waals surface area contributed by atoms with Crippen molar-refractivity contribution in [3.05, 3.63) is 35.6 Å². The van der Waals surface area contributed by atoms with E-state index in [9.17, 15) is 4.39 Å². The summed E-state index contributed by atoms with van der Waals surface area (Å²) in [6.45, 7) is 4.58. The van der Waals surface area contributed by atoms with E-state index in [0.717, 1.165) is 6.42 Å². The molecule has 0 aliphatic heterocycles. The van der Waals surface area contributed by atoms with Crippen LogP contribution in [0.5, 0.6) is 0 Å². The van der Waals surface area contributed by atoms with Gasteiger partial charge in [0.1, 0.15) is 5.82 Å². The summed E-state index contributed by atoms with van der Waals surface area (Å²) in [7, 11) is 0. The summed E-state index contributed by atoms with van der Waals surface area (Å²) in [4.78, 5) is 0. The van der Waals surface area contributed by atoms with Gasteiger partial charge >= 0.3 is 0 Å². The summed E-state index contributed by atoms with van der Waals surface area (Å²) < 4.78 is 19.0. The lowest BCUT2D eigenvalue weighted by atomic mass is 9.97. The van der Waals surface area contributed by atoms with Crippen molar-refractivity contribution in [1.82, 2.24) is 0 Å². The van der Waals surface area contributed by atoms with Crippen molar-refractivity contribution in [3.8, 4) is 0 Å². The summed E-state index contributed by atoms with van der Waals surface area (Å²) in [6.07, 6.45) is 0.958. The van der Waals surface area contributed by atoms with Crippen LogP contribution in [0.25, 0.3) is 0 Å². The van der Waals surface area contributed by atoms with Gasteiger partial charge in [0, 0.05) is 18.4 Å². The molecule has 1 aromatic rings. The quantitative estimate of drug-likeness (QED) is 0.689. The fourth-order valence-electron chi connectivity index (χ4n) is 1.57. The minimum Gasteiger partial charge on any atom is -0.379 e. The number of ether oxygens (including phenoxy) is 1. The lowest BCUT2D eigenvalue weighted by molar-refractivity contribution is 0.0742. The molecule has 1 aromatic carbocycles. The Labute approximate surface area is 102 Å². The van der Waals surface area contributed by atoms with E-state index in [1.807, 2.05) is 19.9 Å². The molecular weight excluding hydrogens is 227 g/mol. The molecule has 1 rings (SSSR count). The highest BCUT2D eigenvalue weighted by atomic mass is 35.5. The highest BCUT2D eigenvalue weighted by molar-refractivity contribution is 6.18. The van der Waals surface area contributed by atoms with Crippen molar-refractivity contribution in [2.24, 2.45) is 0 Å². The average Bonchev–Trinajstić information content (AvgIpc) is 2.25. The first-order valence-electron chi connectivity index (χ1n) is 5.57. The van der Waals surface area contributed by atoms with Gasteiger partial charge in [0.15, 0.2) is 0 Å². The first kappa shape index (κ1) is 13.5. The molecule has 0 amide bonds. The molecule has 0 N–H and O–H groups in total. The fraction of sp³-hybridized carbons (Fsp3) is 0.538. The van der Waals surface area contributed by atoms with Gasteiger partial charge in [-0.05, 0) is 31.9 Å². The van der Waals surface area contributed by atoms with E-state index in [1.54, 1.807) is 12.1 Å². The number of halogens is 2. The number of hydrogen-bond donors (Lipinski definition) is 0. The normalized spacial score (nSPS) is 13.1. The van der Waals surface area contributed by atoms with Gasteiger partial charge in [-0.2, -0.15) is 0 Å². The summed E-state index contributed by atoms with van der Waals surface area (Å²) in [5.74, 6) is 0.266. The van der Waals surface area contributed by atoms with Crippen LogP contribution in [0, 0.1) is 5.82 Å². The Morgan fingerprint density at radius 1 is 1.31 bits per heavy atom. The first-order chi connectivity index (χ1) is 7.65. The molecule has 90 valence electrons. The molecule has 0 radical (unpaired) electrons. The number of benzene rings is 1. The van der Waals surface area contributed by atoms with E-state index in [4.69, 9.17) is 16.3 Å². The standard InChI is InChI=1S/C13H18ClFO/c1-10(2)16-8-7-11(9-14)12-5-3-4-6-13(12)15/h3-6,10-11H,7-9H2,1-2H3. The third-order valence-corrected chi connectivity index (χ3v) is 2.82. The molecule has 0 aliphatic rings. The lowest BCUT2D eigenvalue weighted by Crippen LogP contribution is -2.10. The van der Waals surface area contributed by atoms with Gasteiger partial charge in [0.05, 0.1) is 6.10 Å². The molecule has 3 heteroatoms. The van der Waals surface area contributed by atoms with Gasteiger partial charge in [-0.15, -0.1) is 11.6 Å². The van der Waals surface area contributed by atoms with Crippen molar-refractivity contribution >= 4 is 11.6 Å². The third-order valence-electron chi connectivity index (χ3n) is 2.45. The molecule has 0 heterocycles. The SMILES string of the molecule is CC(C)OCCC(CCl)c1ccccc1F. The van der Waals surface area contributed by atoms with Gasteiger partial charge in [0.25, 0.3) is 0 Å². The second-order valence-corrected chi connectivity index (χ2v) is 4.39. The van der Waals surface area contributed by atoms with Crippen LogP contribution in [0.2, 0.25) is 0 Å². The second kappa shape index (κ2) is 6.87. The lowest BCUT2D eigenvalue weighted by Gasteiger charge is -2.16. The number of hydrogen-bond acceptors (Lipinski definition) is 1. The molecule has 0 bridgehead atoms. The zero-order valence-corrected chi connectivity index (χ0v) is 10.5. The maximum Gasteiger partial charge on any atom is 0.126 e. The van der Waals surface area contributed by atoms with Gasteiger partial charge in [-0.3, -0.25) is 0 Å². The van der Waals surface area contributed by atoms with Crippen molar-refractivity contribution in [3.63, 3.8) is 0 Å². The predicted molar refractivity (Wildman–Crippen MR) is 65.6 cm³/mol. The Hall–Kier alpha value is -0.600. The molecule has 1 unspecified atom stereocenters. The zero-order valence-electron chi connectivity index (χ0n) is 9.75. The zero-order chi connectivity index (χ0) is 12.0. The molecule has 16 heavy (non-hydrogen) atoms. The van der Waals surface area contributed by atoms with Gasteiger partial charge in [-0.25, -0.2) is 4.39 Å². The van der Waals surface area contributed by atoms with Crippen molar-refractivity contribution in [2.75, 3.05) is 12.5 Å². The summed E-state index contributed by atoms with van der Waals surface area (Å²) in [6, 6.07) is 6.78. The summed E-state index contributed by atoms with van der Waals surface area (Å²) in [5, 5.41) is 0. The molecule has 0 spiro atoms. The minimum atomic E-state index is -0.183. The Balaban J connectivity index is 2.57. The maximum absolute atomic E-state index is 13.5. The topological polar surface area (TPSA) is 9.23 Å². The minimum absolute atomic E-state index is 0.0293. The molecule has 0 saturated heterocycles. The Morgan fingerprint density at radius 3 is 2.56 bits per heavy atom. The second-order valence-electron chi connectivity index (χ2n) is 4.08. The molecular formula is C13H18ClFO. The predicted octanol–water partition coefficient (Wildman–Crippen LogP) is 3.96. The highest BCUT2D eigenvalue weighted by Gasteiger charge is 2.14. The van der Waals surface area contributed by atoms with E-state index >= 15 is 0 Å². The van der Waals surface area contributed by atoms with Crippen LogP contribution in [0.4, 0.5) is 4.39 Å². The monoisotopic (exact) mass is 244 g/mol. The van der Waals surface area contributed by atoms with Gasteiger partial charge in [0.2, 0.25) is 0 Å². The van der Waals surface area contributed by atoms with E-state index in [-0.39, 0.29) is 17.8 Å². The molecule has 0 fully saturated rings. The molecule has 1 nitrogen and oxygen atoms in total. The number of alkyl halides is 1. The Kier molecular flexibility index (Phi) is 5.78. The van der Waals surface area contributed by atoms with Gasteiger partial charge in [-0.1, -0.05) is 18.2 Å². The molecule has 0 aliphatic carbocycles. The van der Waals surface area contributed by atoms with E-state index in [2.05, 4.69) is 0 Å². The summed E-state index contributed by atoms with van der Waals surface area (Å²) >= 11 is 5.87. The Bertz CT molecular complexity index is 315. The summed E-state index contributed by atoms with van der Waals surface area (Å²) in [5.41, 5.74) is 0.685. The van der Waals surface area contributed by atoms with Gasteiger partial charge < -0.3 is 4.74 Å². The van der Waals surface area contributed by atoms with E-state index in [0.29, 0.717) is 18.1 Å². The number of rotatable bonds is 6. The molecule has 0 saturated carbocycles. The van der Waals surface area contributed by atoms with Crippen LogP contribution >= 0.6 is 11.6 Å². The highest BCUT2D eigenvalue weighted by Crippen LogP contribution is 2.23. The van der Waals surface area contributed by atoms with E-state index < -0.39 is 0 Å². The van der Waals surface area contributed by atoms with Crippen LogP contribution < -0.4 is 0 Å².